The summed E-state index contributed by atoms with van der Waals surface area (Å²) in [5.41, 5.74) is 3.03. The third kappa shape index (κ3) is 5.23. The predicted molar refractivity (Wildman–Crippen MR) is 123 cm³/mol. The predicted octanol–water partition coefficient (Wildman–Crippen LogP) is 4.28. The summed E-state index contributed by atoms with van der Waals surface area (Å²) in [5.74, 6) is 0.820. The molecule has 6 heteroatoms. The number of nitrogens with one attached hydrogen (secondary N) is 1. The molecule has 0 saturated carbocycles. The molecule has 32 heavy (non-hydrogen) atoms. The second kappa shape index (κ2) is 10.5. The number of nitrogens with zero attached hydrogens (tertiary/aromatic N) is 1. The van der Waals surface area contributed by atoms with Crippen LogP contribution < -0.4 is 14.8 Å². The average Bonchev–Trinajstić information content (AvgIpc) is 2.84. The summed E-state index contributed by atoms with van der Waals surface area (Å²) in [6, 6.07) is 13.5. The summed E-state index contributed by atoms with van der Waals surface area (Å²) in [5, 5.41) is 3.18. The molecule has 1 aliphatic carbocycles. The van der Waals surface area contributed by atoms with E-state index >= 15 is 0 Å². The van der Waals surface area contributed by atoms with E-state index in [-0.39, 0.29) is 24.5 Å². The Balaban J connectivity index is 1.43. The minimum absolute atomic E-state index is 0.00932. The lowest BCUT2D eigenvalue weighted by molar-refractivity contribution is -0.134. The Hall–Kier alpha value is -3.02. The largest absolute Gasteiger partial charge is 0.490 e. The Labute approximate surface area is 189 Å². The molecule has 1 atom stereocenters. The first kappa shape index (κ1) is 22.2. The summed E-state index contributed by atoms with van der Waals surface area (Å²) in [6.07, 6.45) is 6.32. The molecule has 0 aromatic heterocycles. The van der Waals surface area contributed by atoms with Gasteiger partial charge in [0.1, 0.15) is 0 Å². The van der Waals surface area contributed by atoms with Crippen LogP contribution in [0.25, 0.3) is 0 Å². The van der Waals surface area contributed by atoms with E-state index in [1.54, 1.807) is 18.2 Å². The molecule has 4 rings (SSSR count). The number of piperidine rings is 1. The van der Waals surface area contributed by atoms with E-state index in [0.717, 1.165) is 45.2 Å². The van der Waals surface area contributed by atoms with Gasteiger partial charge in [-0.1, -0.05) is 24.3 Å². The first-order valence-electron chi connectivity index (χ1n) is 11.7. The highest BCUT2D eigenvalue weighted by atomic mass is 16.5. The normalized spacial score (nSPS) is 17.9. The number of likely N-dealkylation sites (tertiary alicyclic amines) is 1. The highest BCUT2D eigenvalue weighted by Crippen LogP contribution is 2.31. The molecule has 1 unspecified atom stereocenters. The second-order valence-electron chi connectivity index (χ2n) is 8.44. The molecule has 6 nitrogen and oxygen atoms in total. The standard InChI is InChI=1S/C26H32N2O4/c1-2-31-24-17-20(13-14-23(24)32-18-25(29)28-15-6-3-7-16-28)26(30)27-22-12-8-10-19-9-4-5-11-21(19)22/h4-5,9,11,13-14,17,22H,2-3,6-8,10,12,15-16,18H2,1H3,(H,27,30). The molecule has 1 aliphatic heterocycles. The summed E-state index contributed by atoms with van der Waals surface area (Å²) in [7, 11) is 0. The number of carbonyl (C=O) groups is 2. The molecular formula is C26H32N2O4. The van der Waals surface area contributed by atoms with Gasteiger partial charge in [-0.3, -0.25) is 9.59 Å². The number of benzene rings is 2. The number of amides is 2. The Morgan fingerprint density at radius 3 is 2.62 bits per heavy atom. The van der Waals surface area contributed by atoms with Crippen LogP contribution in [0.3, 0.4) is 0 Å². The van der Waals surface area contributed by atoms with Crippen molar-refractivity contribution < 1.29 is 19.1 Å². The van der Waals surface area contributed by atoms with E-state index in [4.69, 9.17) is 9.47 Å². The Morgan fingerprint density at radius 1 is 1.00 bits per heavy atom. The third-order valence-corrected chi connectivity index (χ3v) is 6.24. The van der Waals surface area contributed by atoms with Crippen molar-refractivity contribution >= 4 is 11.8 Å². The molecule has 0 bridgehead atoms. The summed E-state index contributed by atoms with van der Waals surface area (Å²) < 4.78 is 11.5. The number of aryl methyl sites for hydroxylation is 1. The van der Waals surface area contributed by atoms with Gasteiger partial charge in [0.2, 0.25) is 0 Å². The van der Waals surface area contributed by atoms with Crippen molar-refractivity contribution in [1.29, 1.82) is 0 Å². The van der Waals surface area contributed by atoms with Gasteiger partial charge in [0, 0.05) is 18.7 Å². The van der Waals surface area contributed by atoms with Crippen LogP contribution in [0.1, 0.15) is 66.6 Å². The van der Waals surface area contributed by atoms with Crippen molar-refractivity contribution in [2.75, 3.05) is 26.3 Å². The minimum atomic E-state index is -0.136. The highest BCUT2D eigenvalue weighted by Gasteiger charge is 2.23. The van der Waals surface area contributed by atoms with Crippen LogP contribution in [-0.2, 0) is 11.2 Å². The Morgan fingerprint density at radius 2 is 1.81 bits per heavy atom. The van der Waals surface area contributed by atoms with Gasteiger partial charge >= 0.3 is 0 Å². The van der Waals surface area contributed by atoms with Crippen molar-refractivity contribution in [3.05, 3.63) is 59.2 Å². The van der Waals surface area contributed by atoms with Gasteiger partial charge in [0.05, 0.1) is 12.6 Å². The lowest BCUT2D eigenvalue weighted by Gasteiger charge is -2.27. The molecule has 0 radical (unpaired) electrons. The van der Waals surface area contributed by atoms with Gasteiger partial charge in [0.25, 0.3) is 11.8 Å². The van der Waals surface area contributed by atoms with Gasteiger partial charge in [-0.15, -0.1) is 0 Å². The molecule has 2 aromatic carbocycles. The maximum absolute atomic E-state index is 13.0. The molecule has 1 heterocycles. The van der Waals surface area contributed by atoms with Gasteiger partial charge in [-0.2, -0.15) is 0 Å². The van der Waals surface area contributed by atoms with Crippen LogP contribution in [0.2, 0.25) is 0 Å². The maximum Gasteiger partial charge on any atom is 0.260 e. The van der Waals surface area contributed by atoms with E-state index in [1.165, 1.54) is 17.5 Å². The smallest absolute Gasteiger partial charge is 0.260 e. The summed E-state index contributed by atoms with van der Waals surface area (Å²) in [6.45, 7) is 3.89. The highest BCUT2D eigenvalue weighted by molar-refractivity contribution is 5.95. The summed E-state index contributed by atoms with van der Waals surface area (Å²) >= 11 is 0. The molecule has 0 spiro atoms. The molecule has 1 N–H and O–H groups in total. The maximum atomic E-state index is 13.0. The number of rotatable bonds is 7. The van der Waals surface area contributed by atoms with Crippen molar-refractivity contribution in [3.63, 3.8) is 0 Å². The van der Waals surface area contributed by atoms with E-state index < -0.39 is 0 Å². The zero-order valence-electron chi connectivity index (χ0n) is 18.8. The van der Waals surface area contributed by atoms with Crippen LogP contribution in [0.15, 0.2) is 42.5 Å². The van der Waals surface area contributed by atoms with Gasteiger partial charge < -0.3 is 19.7 Å². The molecule has 2 aliphatic rings. The summed E-state index contributed by atoms with van der Waals surface area (Å²) in [4.78, 5) is 27.3. The van der Waals surface area contributed by atoms with Crippen LogP contribution in [0.4, 0.5) is 0 Å². The van der Waals surface area contributed by atoms with Crippen LogP contribution in [0.5, 0.6) is 11.5 Å². The number of fused-ring (bicyclic) bond motifs is 1. The Bertz CT molecular complexity index is 953. The van der Waals surface area contributed by atoms with Gasteiger partial charge in [-0.25, -0.2) is 0 Å². The number of ether oxygens (including phenoxy) is 2. The number of carbonyl (C=O) groups excluding carboxylic acids is 2. The molecule has 170 valence electrons. The second-order valence-corrected chi connectivity index (χ2v) is 8.44. The lowest BCUT2D eigenvalue weighted by atomic mass is 9.87. The average molecular weight is 437 g/mol. The van der Waals surface area contributed by atoms with Crippen molar-refractivity contribution in [2.24, 2.45) is 0 Å². The molecule has 1 saturated heterocycles. The fourth-order valence-corrected chi connectivity index (χ4v) is 4.56. The van der Waals surface area contributed by atoms with Gasteiger partial charge in [-0.05, 0) is 74.8 Å². The topological polar surface area (TPSA) is 67.9 Å². The number of hydrogen-bond acceptors (Lipinski definition) is 4. The number of hydrogen-bond donors (Lipinski definition) is 1. The fourth-order valence-electron chi connectivity index (χ4n) is 4.56. The SMILES string of the molecule is CCOc1cc(C(=O)NC2CCCc3ccccc32)ccc1OCC(=O)N1CCCCC1. The monoisotopic (exact) mass is 436 g/mol. The zero-order valence-corrected chi connectivity index (χ0v) is 18.8. The van der Waals surface area contributed by atoms with Crippen molar-refractivity contribution in [1.82, 2.24) is 10.2 Å². The van der Waals surface area contributed by atoms with E-state index in [0.29, 0.717) is 23.7 Å². The molecule has 1 fully saturated rings. The first-order chi connectivity index (χ1) is 15.7. The Kier molecular flexibility index (Phi) is 7.30. The van der Waals surface area contributed by atoms with E-state index in [1.807, 2.05) is 24.0 Å². The van der Waals surface area contributed by atoms with Crippen LogP contribution >= 0.6 is 0 Å². The van der Waals surface area contributed by atoms with E-state index in [2.05, 4.69) is 17.4 Å². The van der Waals surface area contributed by atoms with Crippen LogP contribution in [-0.4, -0.2) is 43.0 Å². The fraction of sp³-hybridized carbons (Fsp3) is 0.462. The van der Waals surface area contributed by atoms with E-state index in [9.17, 15) is 9.59 Å². The quantitative estimate of drug-likeness (QED) is 0.703. The molecular weight excluding hydrogens is 404 g/mol. The minimum Gasteiger partial charge on any atom is -0.490 e. The first-order valence-corrected chi connectivity index (χ1v) is 11.7. The zero-order chi connectivity index (χ0) is 22.3. The molecule has 2 amide bonds. The van der Waals surface area contributed by atoms with Gasteiger partial charge in [0.15, 0.2) is 18.1 Å². The third-order valence-electron chi connectivity index (χ3n) is 6.24. The lowest BCUT2D eigenvalue weighted by Crippen LogP contribution is -2.38. The molecule has 2 aromatic rings. The van der Waals surface area contributed by atoms with Crippen LogP contribution in [0, 0.1) is 0 Å². The van der Waals surface area contributed by atoms with Crippen molar-refractivity contribution in [2.45, 2.75) is 51.5 Å². The van der Waals surface area contributed by atoms with Crippen molar-refractivity contribution in [3.8, 4) is 11.5 Å².